The molecular formula is C15H14O10. The maximum atomic E-state index is 11.8. The van der Waals surface area contributed by atoms with E-state index in [0.717, 1.165) is 24.3 Å². The summed E-state index contributed by atoms with van der Waals surface area (Å²) in [6.45, 7) is 0. The summed E-state index contributed by atoms with van der Waals surface area (Å²) in [5.74, 6) is -7.01. The van der Waals surface area contributed by atoms with Gasteiger partial charge in [-0.1, -0.05) is 6.07 Å². The van der Waals surface area contributed by atoms with Gasteiger partial charge in [-0.15, -0.1) is 0 Å². The fraction of sp³-hybridized carbons (Fsp3) is 0.200. The molecule has 0 heterocycles. The molecule has 10 nitrogen and oxygen atoms in total. The number of aliphatic hydroxyl groups is 1. The average molecular weight is 354 g/mol. The molecule has 5 N–H and O–H groups in total. The summed E-state index contributed by atoms with van der Waals surface area (Å²) in [6.07, 6.45) is -0.459. The summed E-state index contributed by atoms with van der Waals surface area (Å²) in [5, 5.41) is 45.4. The minimum Gasteiger partial charge on any atom is -0.504 e. The van der Waals surface area contributed by atoms with Gasteiger partial charge in [-0.2, -0.15) is 0 Å². The number of phenolic OH excluding ortho intramolecular Hbond substituents is 1. The van der Waals surface area contributed by atoms with Gasteiger partial charge in [0.15, 0.2) is 17.1 Å². The number of hydrogen-bond acceptors (Lipinski definition) is 7. The lowest BCUT2D eigenvalue weighted by molar-refractivity contribution is -0.169. The number of ether oxygens (including phenoxy) is 1. The van der Waals surface area contributed by atoms with Crippen LogP contribution in [-0.4, -0.2) is 55.0 Å². The van der Waals surface area contributed by atoms with E-state index in [1.807, 2.05) is 0 Å². The van der Waals surface area contributed by atoms with Gasteiger partial charge in [-0.3, -0.25) is 9.59 Å². The number of carbonyl (C=O) groups is 4. The highest BCUT2D eigenvalue weighted by molar-refractivity contribution is 5.89. The van der Waals surface area contributed by atoms with Gasteiger partial charge in [0, 0.05) is 6.08 Å². The van der Waals surface area contributed by atoms with Crippen LogP contribution in [0.2, 0.25) is 0 Å². The number of carbonyl (C=O) groups excluding carboxylic acids is 1. The predicted molar refractivity (Wildman–Crippen MR) is 79.9 cm³/mol. The van der Waals surface area contributed by atoms with Crippen molar-refractivity contribution in [3.8, 4) is 11.5 Å². The first-order chi connectivity index (χ1) is 11.5. The van der Waals surface area contributed by atoms with Crippen LogP contribution in [0.3, 0.4) is 0 Å². The van der Waals surface area contributed by atoms with Gasteiger partial charge in [0.25, 0.3) is 0 Å². The summed E-state index contributed by atoms with van der Waals surface area (Å²) in [6, 6.07) is 3.53. The lowest BCUT2D eigenvalue weighted by Crippen LogP contribution is -2.43. The third kappa shape index (κ3) is 5.95. The number of esters is 1. The molecule has 1 unspecified atom stereocenters. The molecule has 1 aromatic rings. The van der Waals surface area contributed by atoms with Crippen molar-refractivity contribution in [1.82, 2.24) is 0 Å². The number of hydrogen-bond donors (Lipinski definition) is 5. The minimum absolute atomic E-state index is 0.252. The quantitative estimate of drug-likeness (QED) is 0.244. The fourth-order valence-corrected chi connectivity index (χ4v) is 1.75. The van der Waals surface area contributed by atoms with Crippen LogP contribution in [0.15, 0.2) is 24.3 Å². The molecule has 0 amide bonds. The summed E-state index contributed by atoms with van der Waals surface area (Å²) in [4.78, 5) is 43.8. The van der Waals surface area contributed by atoms with Crippen molar-refractivity contribution in [2.24, 2.45) is 0 Å². The summed E-state index contributed by atoms with van der Waals surface area (Å²) >= 11 is 0. The van der Waals surface area contributed by atoms with E-state index in [0.29, 0.717) is 0 Å². The first-order valence-corrected chi connectivity index (χ1v) is 6.66. The van der Waals surface area contributed by atoms with Gasteiger partial charge in [0.2, 0.25) is 0 Å². The van der Waals surface area contributed by atoms with Crippen molar-refractivity contribution in [3.63, 3.8) is 0 Å². The Hall–Kier alpha value is -3.40. The van der Waals surface area contributed by atoms with E-state index in [-0.39, 0.29) is 5.56 Å². The van der Waals surface area contributed by atoms with Gasteiger partial charge >= 0.3 is 23.9 Å². The van der Waals surface area contributed by atoms with Gasteiger partial charge in [-0.05, 0) is 23.8 Å². The number of phenols is 1. The van der Waals surface area contributed by atoms with E-state index >= 15 is 0 Å². The van der Waals surface area contributed by atoms with Crippen LogP contribution in [0, 0.1) is 0 Å². The molecule has 0 saturated carbocycles. The number of aliphatic carboxylic acids is 3. The Balaban J connectivity index is 2.95. The topological polar surface area (TPSA) is 179 Å². The van der Waals surface area contributed by atoms with Crippen LogP contribution in [0.1, 0.15) is 18.4 Å². The van der Waals surface area contributed by atoms with E-state index in [9.17, 15) is 29.4 Å². The Morgan fingerprint density at radius 3 is 2.24 bits per heavy atom. The summed E-state index contributed by atoms with van der Waals surface area (Å²) in [7, 11) is 0. The zero-order valence-corrected chi connectivity index (χ0v) is 12.6. The van der Waals surface area contributed by atoms with E-state index in [1.165, 1.54) is 6.07 Å². The fourth-order valence-electron chi connectivity index (χ4n) is 1.75. The van der Waals surface area contributed by atoms with Crippen molar-refractivity contribution >= 4 is 30.0 Å². The van der Waals surface area contributed by atoms with Crippen LogP contribution in [-0.2, 0) is 19.2 Å². The molecule has 0 spiro atoms. The molecule has 0 aromatic heterocycles. The van der Waals surface area contributed by atoms with Crippen LogP contribution in [0.4, 0.5) is 0 Å². The Labute approximate surface area is 140 Å². The van der Waals surface area contributed by atoms with Crippen LogP contribution >= 0.6 is 0 Å². The lowest BCUT2D eigenvalue weighted by Gasteiger charge is -2.20. The second-order valence-corrected chi connectivity index (χ2v) is 4.96. The molecule has 0 aliphatic heterocycles. The highest BCUT2D eigenvalue weighted by Crippen LogP contribution is 2.28. The smallest absolute Gasteiger partial charge is 0.336 e. The van der Waals surface area contributed by atoms with Gasteiger partial charge < -0.3 is 30.3 Å². The third-order valence-electron chi connectivity index (χ3n) is 2.90. The standard InChI is InChI=1S/C15H14O10/c16-9-3-1-8(2-4-11(17)18)5-10(9)25-13(21)7-15(24,14(22)23)6-12(19)20/h1-5,16,24H,6-7H2,(H,17,18)(H,19,20)(H,22,23). The van der Waals surface area contributed by atoms with Gasteiger partial charge in [-0.25, -0.2) is 9.59 Å². The van der Waals surface area contributed by atoms with E-state index < -0.39 is 53.8 Å². The maximum absolute atomic E-state index is 11.8. The number of carboxylic acids is 3. The first kappa shape index (κ1) is 19.6. The summed E-state index contributed by atoms with van der Waals surface area (Å²) in [5.41, 5.74) is -2.62. The molecule has 1 atom stereocenters. The molecule has 10 heteroatoms. The monoisotopic (exact) mass is 354 g/mol. The molecule has 0 radical (unpaired) electrons. The maximum Gasteiger partial charge on any atom is 0.336 e. The molecule has 134 valence electrons. The Bertz CT molecular complexity index is 736. The van der Waals surface area contributed by atoms with E-state index in [1.54, 1.807) is 0 Å². The molecule has 0 bridgehead atoms. The SMILES string of the molecule is O=C(O)C=Cc1ccc(O)c(OC(=O)CC(O)(CC(=O)O)C(=O)O)c1. The Kier molecular flexibility index (Phi) is 6.23. The summed E-state index contributed by atoms with van der Waals surface area (Å²) < 4.78 is 4.73. The van der Waals surface area contributed by atoms with Gasteiger partial charge in [0.1, 0.15) is 0 Å². The highest BCUT2D eigenvalue weighted by Gasteiger charge is 2.41. The number of benzene rings is 1. The second kappa shape index (κ2) is 7.93. The zero-order valence-electron chi connectivity index (χ0n) is 12.6. The number of rotatable bonds is 8. The number of carboxylic acid groups (broad SMARTS) is 3. The molecule has 0 aliphatic carbocycles. The molecule has 0 aliphatic rings. The van der Waals surface area contributed by atoms with Crippen molar-refractivity contribution in [2.75, 3.05) is 0 Å². The third-order valence-corrected chi connectivity index (χ3v) is 2.90. The second-order valence-electron chi connectivity index (χ2n) is 4.96. The predicted octanol–water partition coefficient (Wildman–Crippen LogP) is 0.0759. The van der Waals surface area contributed by atoms with E-state index in [4.69, 9.17) is 20.1 Å². The normalized spacial score (nSPS) is 13.2. The van der Waals surface area contributed by atoms with Crippen molar-refractivity contribution in [3.05, 3.63) is 29.8 Å². The van der Waals surface area contributed by atoms with Crippen molar-refractivity contribution in [1.29, 1.82) is 0 Å². The van der Waals surface area contributed by atoms with Crippen molar-refractivity contribution < 1.29 is 49.4 Å². The zero-order chi connectivity index (χ0) is 19.2. The first-order valence-electron chi connectivity index (χ1n) is 6.66. The molecule has 1 aromatic carbocycles. The molecule has 25 heavy (non-hydrogen) atoms. The lowest BCUT2D eigenvalue weighted by atomic mass is 9.96. The molecule has 0 saturated heterocycles. The molecular weight excluding hydrogens is 340 g/mol. The van der Waals surface area contributed by atoms with E-state index in [2.05, 4.69) is 0 Å². The minimum atomic E-state index is -2.88. The highest BCUT2D eigenvalue weighted by atomic mass is 16.5. The van der Waals surface area contributed by atoms with Crippen LogP contribution < -0.4 is 4.74 Å². The van der Waals surface area contributed by atoms with Crippen LogP contribution in [0.5, 0.6) is 11.5 Å². The molecule has 1 rings (SSSR count). The number of aromatic hydroxyl groups is 1. The average Bonchev–Trinajstić information content (AvgIpc) is 2.46. The van der Waals surface area contributed by atoms with Gasteiger partial charge in [0.05, 0.1) is 12.8 Å². The largest absolute Gasteiger partial charge is 0.504 e. The Morgan fingerprint density at radius 2 is 1.72 bits per heavy atom. The molecule has 0 fully saturated rings. The van der Waals surface area contributed by atoms with Crippen LogP contribution in [0.25, 0.3) is 6.08 Å². The Morgan fingerprint density at radius 1 is 1.08 bits per heavy atom. The van der Waals surface area contributed by atoms with Crippen molar-refractivity contribution in [2.45, 2.75) is 18.4 Å².